The van der Waals surface area contributed by atoms with Crippen LogP contribution in [0.1, 0.15) is 41.0 Å². The first-order chi connectivity index (χ1) is 6.72. The second kappa shape index (κ2) is 5.14. The van der Waals surface area contributed by atoms with E-state index in [1.807, 2.05) is 20.8 Å². The third kappa shape index (κ3) is 3.90. The molecule has 0 unspecified atom stereocenters. The van der Waals surface area contributed by atoms with Crippen molar-refractivity contribution in [2.75, 3.05) is 0 Å². The van der Waals surface area contributed by atoms with Crippen LogP contribution in [0.25, 0.3) is 0 Å². The minimum Gasteiger partial charge on any atom is -0.480 e. The molecule has 88 valence electrons. The van der Waals surface area contributed by atoms with Gasteiger partial charge in [0.05, 0.1) is 0 Å². The molecule has 0 bridgehead atoms. The molecule has 0 aliphatic rings. The zero-order chi connectivity index (χ0) is 12.2. The fourth-order valence-corrected chi connectivity index (χ4v) is 1.01. The summed E-state index contributed by atoms with van der Waals surface area (Å²) in [7, 11) is 0. The molecule has 0 saturated heterocycles. The Morgan fingerprint density at radius 1 is 1.33 bits per heavy atom. The Hall–Kier alpha value is -1.06. The van der Waals surface area contributed by atoms with Crippen LogP contribution < -0.4 is 5.32 Å². The quantitative estimate of drug-likeness (QED) is 0.732. The van der Waals surface area contributed by atoms with Crippen molar-refractivity contribution in [3.63, 3.8) is 0 Å². The molecule has 0 saturated carbocycles. The van der Waals surface area contributed by atoms with E-state index < -0.39 is 17.4 Å². The molecular formula is C11H21NO3. The molecule has 4 heteroatoms. The Labute approximate surface area is 91.1 Å². The molecule has 2 N–H and O–H groups in total. The van der Waals surface area contributed by atoms with E-state index in [0.717, 1.165) is 0 Å². The number of aliphatic carboxylic acids is 1. The van der Waals surface area contributed by atoms with Crippen molar-refractivity contribution in [2.45, 2.75) is 47.1 Å². The topological polar surface area (TPSA) is 66.4 Å². The lowest BCUT2D eigenvalue weighted by Crippen LogP contribution is -2.48. The summed E-state index contributed by atoms with van der Waals surface area (Å²) in [6.07, 6.45) is 0.684. The van der Waals surface area contributed by atoms with Crippen molar-refractivity contribution in [1.82, 2.24) is 5.32 Å². The summed E-state index contributed by atoms with van der Waals surface area (Å²) >= 11 is 0. The van der Waals surface area contributed by atoms with Gasteiger partial charge in [-0.2, -0.15) is 0 Å². The van der Waals surface area contributed by atoms with E-state index in [2.05, 4.69) is 5.32 Å². The van der Waals surface area contributed by atoms with E-state index in [1.54, 1.807) is 13.8 Å². The van der Waals surface area contributed by atoms with Gasteiger partial charge >= 0.3 is 5.97 Å². The van der Waals surface area contributed by atoms with Gasteiger partial charge in [-0.05, 0) is 12.3 Å². The molecule has 0 aromatic carbocycles. The second-order valence-electron chi connectivity index (χ2n) is 4.77. The van der Waals surface area contributed by atoms with Crippen LogP contribution in [0.15, 0.2) is 0 Å². The van der Waals surface area contributed by atoms with Gasteiger partial charge in [0.2, 0.25) is 5.91 Å². The van der Waals surface area contributed by atoms with Gasteiger partial charge in [0.1, 0.15) is 6.04 Å². The molecule has 1 atom stereocenters. The molecule has 0 radical (unpaired) electrons. The molecule has 15 heavy (non-hydrogen) atoms. The number of carboxylic acids is 1. The molecule has 0 fully saturated rings. The Morgan fingerprint density at radius 2 is 1.80 bits per heavy atom. The minimum atomic E-state index is -0.981. The SMILES string of the molecule is CCC(C)(C)C(=O)N[C@@H](C(=O)O)C(C)C. The summed E-state index contributed by atoms with van der Waals surface area (Å²) in [4.78, 5) is 22.6. The zero-order valence-corrected chi connectivity index (χ0v) is 10.1. The summed E-state index contributed by atoms with van der Waals surface area (Å²) in [6.45, 7) is 9.07. The van der Waals surface area contributed by atoms with Gasteiger partial charge in [0.15, 0.2) is 0 Å². The number of rotatable bonds is 5. The van der Waals surface area contributed by atoms with Crippen molar-refractivity contribution < 1.29 is 14.7 Å². The normalized spacial score (nSPS) is 13.7. The van der Waals surface area contributed by atoms with Gasteiger partial charge in [0, 0.05) is 5.41 Å². The fourth-order valence-electron chi connectivity index (χ4n) is 1.01. The van der Waals surface area contributed by atoms with Crippen molar-refractivity contribution in [3.8, 4) is 0 Å². The van der Waals surface area contributed by atoms with Gasteiger partial charge < -0.3 is 10.4 Å². The molecule has 0 aromatic heterocycles. The Morgan fingerprint density at radius 3 is 2.07 bits per heavy atom. The predicted octanol–water partition coefficient (Wildman–Crippen LogP) is 1.65. The largest absolute Gasteiger partial charge is 0.480 e. The van der Waals surface area contributed by atoms with Crippen molar-refractivity contribution in [2.24, 2.45) is 11.3 Å². The first-order valence-corrected chi connectivity index (χ1v) is 5.26. The third-order valence-electron chi connectivity index (χ3n) is 2.72. The Balaban J connectivity index is 4.57. The highest BCUT2D eigenvalue weighted by atomic mass is 16.4. The van der Waals surface area contributed by atoms with Crippen molar-refractivity contribution in [1.29, 1.82) is 0 Å². The molecule has 1 amide bonds. The molecule has 0 spiro atoms. The molecule has 4 nitrogen and oxygen atoms in total. The average Bonchev–Trinajstić information content (AvgIpc) is 2.12. The first-order valence-electron chi connectivity index (χ1n) is 5.26. The van der Waals surface area contributed by atoms with Gasteiger partial charge in [-0.1, -0.05) is 34.6 Å². The van der Waals surface area contributed by atoms with Crippen molar-refractivity contribution >= 4 is 11.9 Å². The third-order valence-corrected chi connectivity index (χ3v) is 2.72. The lowest BCUT2D eigenvalue weighted by atomic mass is 9.88. The van der Waals surface area contributed by atoms with E-state index in [0.29, 0.717) is 6.42 Å². The second-order valence-corrected chi connectivity index (χ2v) is 4.77. The van der Waals surface area contributed by atoms with E-state index >= 15 is 0 Å². The smallest absolute Gasteiger partial charge is 0.326 e. The lowest BCUT2D eigenvalue weighted by Gasteiger charge is -2.26. The van der Waals surface area contributed by atoms with E-state index in [9.17, 15) is 9.59 Å². The first kappa shape index (κ1) is 13.9. The lowest BCUT2D eigenvalue weighted by molar-refractivity contribution is -0.144. The minimum absolute atomic E-state index is 0.112. The van der Waals surface area contributed by atoms with Gasteiger partial charge in [-0.15, -0.1) is 0 Å². The highest BCUT2D eigenvalue weighted by molar-refractivity contribution is 5.87. The molecule has 0 aromatic rings. The summed E-state index contributed by atoms with van der Waals surface area (Å²) in [5.74, 6) is -1.30. The van der Waals surface area contributed by atoms with Gasteiger partial charge in [-0.25, -0.2) is 4.79 Å². The molecule has 0 aliphatic heterocycles. The maximum absolute atomic E-state index is 11.7. The Bertz CT molecular complexity index is 246. The van der Waals surface area contributed by atoms with Crippen LogP contribution in [0.5, 0.6) is 0 Å². The fraction of sp³-hybridized carbons (Fsp3) is 0.818. The van der Waals surface area contributed by atoms with Crippen molar-refractivity contribution in [3.05, 3.63) is 0 Å². The van der Waals surface area contributed by atoms with Gasteiger partial charge in [0.25, 0.3) is 0 Å². The molecule has 0 aliphatic carbocycles. The summed E-state index contributed by atoms with van der Waals surface area (Å²) in [5.41, 5.74) is -0.511. The summed E-state index contributed by atoms with van der Waals surface area (Å²) in [6, 6.07) is -0.802. The number of amides is 1. The average molecular weight is 215 g/mol. The van der Waals surface area contributed by atoms with Crippen LogP contribution in [0.2, 0.25) is 0 Å². The zero-order valence-electron chi connectivity index (χ0n) is 10.1. The predicted molar refractivity (Wildman–Crippen MR) is 58.5 cm³/mol. The number of carbonyl (C=O) groups is 2. The maximum Gasteiger partial charge on any atom is 0.326 e. The molecule has 0 heterocycles. The monoisotopic (exact) mass is 215 g/mol. The van der Waals surface area contributed by atoms with E-state index in [-0.39, 0.29) is 11.8 Å². The molecular weight excluding hydrogens is 194 g/mol. The number of carboxylic acid groups (broad SMARTS) is 1. The number of hydrogen-bond donors (Lipinski definition) is 2. The number of nitrogens with one attached hydrogen (secondary N) is 1. The summed E-state index contributed by atoms with van der Waals surface area (Å²) in [5, 5.41) is 11.5. The van der Waals surface area contributed by atoms with Gasteiger partial charge in [-0.3, -0.25) is 4.79 Å². The highest BCUT2D eigenvalue weighted by Crippen LogP contribution is 2.20. The highest BCUT2D eigenvalue weighted by Gasteiger charge is 2.31. The molecule has 0 rings (SSSR count). The summed E-state index contributed by atoms with van der Waals surface area (Å²) < 4.78 is 0. The number of hydrogen-bond acceptors (Lipinski definition) is 2. The van der Waals surface area contributed by atoms with Crippen LogP contribution in [0.3, 0.4) is 0 Å². The number of carbonyl (C=O) groups excluding carboxylic acids is 1. The maximum atomic E-state index is 11.7. The van der Waals surface area contributed by atoms with Crippen LogP contribution in [-0.2, 0) is 9.59 Å². The van der Waals surface area contributed by atoms with E-state index in [1.165, 1.54) is 0 Å². The van der Waals surface area contributed by atoms with Crippen LogP contribution in [-0.4, -0.2) is 23.0 Å². The standard InChI is InChI=1S/C11H21NO3/c1-6-11(4,5)10(15)12-8(7(2)3)9(13)14/h7-8H,6H2,1-5H3,(H,12,15)(H,13,14)/t8-/m1/s1. The van der Waals surface area contributed by atoms with Crippen LogP contribution >= 0.6 is 0 Å². The van der Waals surface area contributed by atoms with Crippen LogP contribution in [0, 0.1) is 11.3 Å². The van der Waals surface area contributed by atoms with Crippen LogP contribution in [0.4, 0.5) is 0 Å². The Kier molecular flexibility index (Phi) is 4.78. The van der Waals surface area contributed by atoms with E-state index in [4.69, 9.17) is 5.11 Å².